The Bertz CT molecular complexity index is 705. The highest BCUT2D eigenvalue weighted by Gasteiger charge is 2.44. The zero-order valence-electron chi connectivity index (χ0n) is 14.3. The van der Waals surface area contributed by atoms with Gasteiger partial charge in [0.2, 0.25) is 0 Å². The maximum Gasteiger partial charge on any atom is 0.0973 e. The second kappa shape index (κ2) is 6.83. The molecule has 1 aliphatic heterocycles. The van der Waals surface area contributed by atoms with Crippen LogP contribution in [0.2, 0.25) is 0 Å². The van der Waals surface area contributed by atoms with Crippen molar-refractivity contribution in [1.29, 1.82) is 0 Å². The molecular formula is C23H23NO. The van der Waals surface area contributed by atoms with Crippen LogP contribution in [-0.2, 0) is 5.54 Å². The number of aliphatic hydroxyl groups excluding tert-OH is 1. The first kappa shape index (κ1) is 16.1. The van der Waals surface area contributed by atoms with Crippen LogP contribution in [0.3, 0.4) is 0 Å². The molecule has 1 atom stereocenters. The zero-order valence-corrected chi connectivity index (χ0v) is 14.3. The minimum atomic E-state index is -0.388. The van der Waals surface area contributed by atoms with Crippen molar-refractivity contribution in [2.24, 2.45) is 0 Å². The molecule has 1 N–H and O–H groups in total. The number of hydrogen-bond acceptors (Lipinski definition) is 2. The van der Waals surface area contributed by atoms with Gasteiger partial charge in [-0.15, -0.1) is 0 Å². The summed E-state index contributed by atoms with van der Waals surface area (Å²) in [7, 11) is 0. The molecule has 2 heteroatoms. The summed E-state index contributed by atoms with van der Waals surface area (Å²) in [5.41, 5.74) is 3.32. The molecule has 0 saturated carbocycles. The van der Waals surface area contributed by atoms with E-state index in [1.165, 1.54) is 16.7 Å². The van der Waals surface area contributed by atoms with Crippen LogP contribution in [0.1, 0.15) is 23.1 Å². The molecule has 4 rings (SSSR count). The summed E-state index contributed by atoms with van der Waals surface area (Å²) in [4.78, 5) is 2.43. The van der Waals surface area contributed by atoms with E-state index in [1.54, 1.807) is 0 Å². The van der Waals surface area contributed by atoms with E-state index in [-0.39, 0.29) is 11.6 Å². The van der Waals surface area contributed by atoms with Crippen LogP contribution in [0.4, 0.5) is 0 Å². The maximum absolute atomic E-state index is 10.3. The third-order valence-corrected chi connectivity index (χ3v) is 5.21. The van der Waals surface area contributed by atoms with Gasteiger partial charge in [-0.25, -0.2) is 0 Å². The van der Waals surface area contributed by atoms with Crippen LogP contribution in [-0.4, -0.2) is 29.2 Å². The van der Waals surface area contributed by atoms with Crippen molar-refractivity contribution in [2.45, 2.75) is 18.1 Å². The number of benzene rings is 3. The van der Waals surface area contributed by atoms with Crippen molar-refractivity contribution in [3.05, 3.63) is 108 Å². The van der Waals surface area contributed by atoms with Crippen LogP contribution in [0.25, 0.3) is 0 Å². The minimum absolute atomic E-state index is 0.268. The van der Waals surface area contributed by atoms with Gasteiger partial charge in [-0.2, -0.15) is 0 Å². The normalized spacial score (nSPS) is 18.4. The molecule has 0 amide bonds. The van der Waals surface area contributed by atoms with E-state index < -0.39 is 0 Å². The van der Waals surface area contributed by atoms with Gasteiger partial charge >= 0.3 is 0 Å². The van der Waals surface area contributed by atoms with Crippen LogP contribution < -0.4 is 0 Å². The molecule has 0 spiro atoms. The van der Waals surface area contributed by atoms with Crippen molar-refractivity contribution >= 4 is 0 Å². The summed E-state index contributed by atoms with van der Waals surface area (Å²) in [6.07, 6.45) is 0.546. The quantitative estimate of drug-likeness (QED) is 0.730. The third-order valence-electron chi connectivity index (χ3n) is 5.21. The number of hydrogen-bond donors (Lipinski definition) is 1. The Hall–Kier alpha value is -2.42. The van der Waals surface area contributed by atoms with E-state index in [0.29, 0.717) is 6.54 Å². The number of β-amino-alcohol motifs (C(OH)–C–C–N with tert-alkyl or cyclic N) is 1. The highest BCUT2D eigenvalue weighted by molar-refractivity contribution is 5.49. The van der Waals surface area contributed by atoms with Gasteiger partial charge in [-0.05, 0) is 23.1 Å². The number of nitrogens with zero attached hydrogens (tertiary/aromatic N) is 1. The highest BCUT2D eigenvalue weighted by atomic mass is 16.3. The van der Waals surface area contributed by atoms with Gasteiger partial charge in [0.05, 0.1) is 11.6 Å². The first-order valence-electron chi connectivity index (χ1n) is 8.91. The molecule has 1 heterocycles. The van der Waals surface area contributed by atoms with Crippen LogP contribution in [0.15, 0.2) is 91.0 Å². The van der Waals surface area contributed by atoms with Gasteiger partial charge in [-0.1, -0.05) is 91.0 Å². The molecule has 0 bridgehead atoms. The average Bonchev–Trinajstić information content (AvgIpc) is 3.12. The number of aliphatic hydroxyl groups is 1. The minimum Gasteiger partial charge on any atom is -0.392 e. The van der Waals surface area contributed by atoms with E-state index in [4.69, 9.17) is 0 Å². The Labute approximate surface area is 149 Å². The van der Waals surface area contributed by atoms with Gasteiger partial charge in [0.15, 0.2) is 0 Å². The Balaban J connectivity index is 2.01. The van der Waals surface area contributed by atoms with Crippen LogP contribution >= 0.6 is 0 Å². The van der Waals surface area contributed by atoms with Crippen molar-refractivity contribution in [2.75, 3.05) is 13.1 Å². The molecule has 1 saturated heterocycles. The smallest absolute Gasteiger partial charge is 0.0973 e. The summed E-state index contributed by atoms with van der Waals surface area (Å²) in [6.45, 7) is 1.55. The predicted molar refractivity (Wildman–Crippen MR) is 101 cm³/mol. The second-order valence-electron chi connectivity index (χ2n) is 6.70. The largest absolute Gasteiger partial charge is 0.392 e. The Morgan fingerprint density at radius 2 is 1.08 bits per heavy atom. The fourth-order valence-electron chi connectivity index (χ4n) is 4.13. The van der Waals surface area contributed by atoms with E-state index in [2.05, 4.69) is 95.9 Å². The molecule has 1 aliphatic rings. The average molecular weight is 329 g/mol. The summed E-state index contributed by atoms with van der Waals surface area (Å²) >= 11 is 0. The van der Waals surface area contributed by atoms with E-state index in [9.17, 15) is 5.11 Å². The highest BCUT2D eigenvalue weighted by Crippen LogP contribution is 2.43. The molecule has 3 aromatic rings. The SMILES string of the molecule is OC1CCN(C(c2ccccc2)(c2ccccc2)c2ccccc2)C1. The van der Waals surface area contributed by atoms with Gasteiger partial charge in [-0.3, -0.25) is 4.90 Å². The lowest BCUT2D eigenvalue weighted by atomic mass is 9.75. The molecule has 0 aliphatic carbocycles. The van der Waals surface area contributed by atoms with Gasteiger partial charge < -0.3 is 5.11 Å². The molecule has 0 radical (unpaired) electrons. The van der Waals surface area contributed by atoms with Crippen molar-refractivity contribution in [3.63, 3.8) is 0 Å². The first-order chi connectivity index (χ1) is 12.3. The van der Waals surface area contributed by atoms with E-state index in [0.717, 1.165) is 13.0 Å². The van der Waals surface area contributed by atoms with Crippen molar-refractivity contribution in [3.8, 4) is 0 Å². The number of likely N-dealkylation sites (tertiary alicyclic amines) is 1. The molecule has 0 aromatic heterocycles. The fourth-order valence-corrected chi connectivity index (χ4v) is 4.13. The zero-order chi connectivity index (χ0) is 17.1. The topological polar surface area (TPSA) is 23.5 Å². The van der Waals surface area contributed by atoms with E-state index in [1.807, 2.05) is 0 Å². The summed E-state index contributed by atoms with van der Waals surface area (Å²) in [5.74, 6) is 0. The van der Waals surface area contributed by atoms with Crippen LogP contribution in [0.5, 0.6) is 0 Å². The predicted octanol–water partition coefficient (Wildman–Crippen LogP) is 4.05. The Morgan fingerprint density at radius 3 is 1.40 bits per heavy atom. The molecular weight excluding hydrogens is 306 g/mol. The van der Waals surface area contributed by atoms with Crippen molar-refractivity contribution < 1.29 is 5.11 Å². The standard InChI is InChI=1S/C23H23NO/c25-22-16-17-24(18-22)23(19-10-4-1-5-11-19,20-12-6-2-7-13-20)21-14-8-3-9-15-21/h1-15,22,25H,16-18H2. The summed E-state index contributed by atoms with van der Waals surface area (Å²) in [6, 6.07) is 32.0. The second-order valence-corrected chi connectivity index (χ2v) is 6.70. The van der Waals surface area contributed by atoms with Crippen LogP contribution in [0, 0.1) is 0 Å². The van der Waals surface area contributed by atoms with Crippen molar-refractivity contribution in [1.82, 2.24) is 4.90 Å². The van der Waals surface area contributed by atoms with Gasteiger partial charge in [0.1, 0.15) is 0 Å². The Kier molecular flexibility index (Phi) is 4.39. The molecule has 25 heavy (non-hydrogen) atoms. The monoisotopic (exact) mass is 329 g/mol. The maximum atomic E-state index is 10.3. The lowest BCUT2D eigenvalue weighted by Crippen LogP contribution is -2.47. The molecule has 2 nitrogen and oxygen atoms in total. The number of rotatable bonds is 4. The van der Waals surface area contributed by atoms with E-state index >= 15 is 0 Å². The molecule has 126 valence electrons. The first-order valence-corrected chi connectivity index (χ1v) is 8.91. The fraction of sp³-hybridized carbons (Fsp3) is 0.217. The lowest BCUT2D eigenvalue weighted by Gasteiger charge is -2.43. The summed E-state index contributed by atoms with van der Waals surface area (Å²) < 4.78 is 0. The molecule has 1 fully saturated rings. The molecule has 1 unspecified atom stereocenters. The third kappa shape index (κ3) is 2.78. The Morgan fingerprint density at radius 1 is 0.680 bits per heavy atom. The van der Waals surface area contributed by atoms with Gasteiger partial charge in [0.25, 0.3) is 0 Å². The lowest BCUT2D eigenvalue weighted by molar-refractivity contribution is 0.141. The molecule has 3 aromatic carbocycles. The van der Waals surface area contributed by atoms with Gasteiger partial charge in [0, 0.05) is 13.1 Å². The summed E-state index contributed by atoms with van der Waals surface area (Å²) in [5, 5.41) is 10.3.